The zero-order valence-electron chi connectivity index (χ0n) is 7.64. The van der Waals surface area contributed by atoms with Crippen molar-refractivity contribution in [1.82, 2.24) is 5.32 Å². The van der Waals surface area contributed by atoms with Gasteiger partial charge in [0, 0.05) is 13.2 Å². The van der Waals surface area contributed by atoms with Crippen LogP contribution in [-0.2, 0) is 9.22 Å². The van der Waals surface area contributed by atoms with Gasteiger partial charge in [-0.3, -0.25) is 4.79 Å². The zero-order chi connectivity index (χ0) is 9.23. The van der Waals surface area contributed by atoms with Gasteiger partial charge in [-0.2, -0.15) is 0 Å². The molecule has 70 valence electrons. The number of amides is 1. The van der Waals surface area contributed by atoms with Gasteiger partial charge in [-0.15, -0.1) is 0 Å². The molecule has 0 atom stereocenters. The smallest absolute Gasteiger partial charge is 0.243 e. The van der Waals surface area contributed by atoms with Crippen molar-refractivity contribution in [1.29, 1.82) is 0 Å². The summed E-state index contributed by atoms with van der Waals surface area (Å²) in [7, 11) is -0.317. The Morgan fingerprint density at radius 1 is 1.75 bits per heavy atom. The van der Waals surface area contributed by atoms with Gasteiger partial charge in [-0.05, 0) is 25.5 Å². The van der Waals surface area contributed by atoms with Crippen molar-refractivity contribution in [3.8, 4) is 0 Å². The highest BCUT2D eigenvalue weighted by Crippen LogP contribution is 1.87. The second-order valence-electron chi connectivity index (χ2n) is 2.40. The van der Waals surface area contributed by atoms with Crippen molar-refractivity contribution >= 4 is 15.7 Å². The Balaban J connectivity index is 3.00. The van der Waals surface area contributed by atoms with Gasteiger partial charge in [0.1, 0.15) is 0 Å². The molecule has 12 heavy (non-hydrogen) atoms. The van der Waals surface area contributed by atoms with Gasteiger partial charge in [-0.1, -0.05) is 6.58 Å². The van der Waals surface area contributed by atoms with Gasteiger partial charge in [0.25, 0.3) is 0 Å². The van der Waals surface area contributed by atoms with Crippen LogP contribution in [0, 0.1) is 0 Å². The molecule has 1 amide bonds. The fourth-order valence-corrected chi connectivity index (χ4v) is 1.70. The van der Waals surface area contributed by atoms with Gasteiger partial charge >= 0.3 is 0 Å². The third-order valence-electron chi connectivity index (χ3n) is 1.40. The molecule has 0 aliphatic heterocycles. The summed E-state index contributed by atoms with van der Waals surface area (Å²) in [4.78, 5) is 10.7. The van der Waals surface area contributed by atoms with Crippen LogP contribution in [0.15, 0.2) is 12.7 Å². The molecule has 0 radical (unpaired) electrons. The van der Waals surface area contributed by atoms with E-state index in [1.165, 1.54) is 6.08 Å². The molecule has 0 saturated heterocycles. The van der Waals surface area contributed by atoms with E-state index in [2.05, 4.69) is 11.9 Å². The maximum Gasteiger partial charge on any atom is 0.243 e. The van der Waals surface area contributed by atoms with E-state index in [9.17, 15) is 4.79 Å². The molecule has 0 aliphatic carbocycles. The van der Waals surface area contributed by atoms with Crippen LogP contribution in [0.3, 0.4) is 0 Å². The molecule has 1 N–H and O–H groups in total. The lowest BCUT2D eigenvalue weighted by atomic mass is 10.4. The Morgan fingerprint density at radius 2 is 2.50 bits per heavy atom. The highest BCUT2D eigenvalue weighted by Gasteiger charge is 1.92. The SMILES string of the molecule is C=CC(=O)NCCC[SiH2]OCC. The molecule has 0 unspecified atom stereocenters. The fourth-order valence-electron chi connectivity index (χ4n) is 0.757. The molecular weight excluding hydrogens is 170 g/mol. The topological polar surface area (TPSA) is 38.3 Å². The van der Waals surface area contributed by atoms with Gasteiger partial charge < -0.3 is 9.74 Å². The molecule has 0 rings (SSSR count). The standard InChI is InChI=1S/C8H17NO2Si/c1-3-8(10)9-6-5-7-12-11-4-2/h3H,1,4-7,12H2,2H3,(H,9,10). The minimum Gasteiger partial charge on any atom is -0.424 e. The van der Waals surface area contributed by atoms with Crippen LogP contribution in [-0.4, -0.2) is 28.8 Å². The number of hydrogen-bond acceptors (Lipinski definition) is 2. The summed E-state index contributed by atoms with van der Waals surface area (Å²) in [6, 6.07) is 1.13. The van der Waals surface area contributed by atoms with Gasteiger partial charge in [0.2, 0.25) is 5.91 Å². The zero-order valence-corrected chi connectivity index (χ0v) is 9.05. The Hall–Kier alpha value is -0.613. The number of rotatable bonds is 7. The number of carbonyl (C=O) groups excluding carboxylic acids is 1. The average molecular weight is 187 g/mol. The molecule has 0 saturated carbocycles. The van der Waals surface area contributed by atoms with E-state index in [1.807, 2.05) is 6.92 Å². The Labute approximate surface area is 76.1 Å². The maximum atomic E-state index is 10.7. The van der Waals surface area contributed by atoms with Crippen molar-refractivity contribution in [2.24, 2.45) is 0 Å². The highest BCUT2D eigenvalue weighted by molar-refractivity contribution is 6.26. The molecule has 0 aliphatic rings. The third-order valence-corrected chi connectivity index (χ3v) is 2.89. The number of hydrogen-bond donors (Lipinski definition) is 1. The number of carbonyl (C=O) groups is 1. The van der Waals surface area contributed by atoms with Crippen LogP contribution >= 0.6 is 0 Å². The van der Waals surface area contributed by atoms with E-state index >= 15 is 0 Å². The lowest BCUT2D eigenvalue weighted by Crippen LogP contribution is -2.22. The summed E-state index contributed by atoms with van der Waals surface area (Å²) in [5.41, 5.74) is 0. The minimum atomic E-state index is -0.317. The quantitative estimate of drug-likeness (QED) is 0.352. The summed E-state index contributed by atoms with van der Waals surface area (Å²) in [6.45, 7) is 6.93. The second-order valence-corrected chi connectivity index (χ2v) is 3.92. The van der Waals surface area contributed by atoms with Crippen molar-refractivity contribution in [3.63, 3.8) is 0 Å². The van der Waals surface area contributed by atoms with Gasteiger partial charge in [0.15, 0.2) is 9.76 Å². The first-order valence-electron chi connectivity index (χ1n) is 4.29. The first kappa shape index (κ1) is 11.4. The van der Waals surface area contributed by atoms with Crippen LogP contribution in [0.25, 0.3) is 0 Å². The molecule has 0 heterocycles. The molecule has 0 aromatic rings. The molecule has 0 aromatic carbocycles. The second kappa shape index (κ2) is 8.48. The molecule has 0 aromatic heterocycles. The monoisotopic (exact) mass is 187 g/mol. The fraction of sp³-hybridized carbons (Fsp3) is 0.625. The van der Waals surface area contributed by atoms with Crippen molar-refractivity contribution in [2.75, 3.05) is 13.2 Å². The van der Waals surface area contributed by atoms with Crippen LogP contribution < -0.4 is 5.32 Å². The normalized spacial score (nSPS) is 10.4. The van der Waals surface area contributed by atoms with Gasteiger partial charge in [0.05, 0.1) is 0 Å². The lowest BCUT2D eigenvalue weighted by molar-refractivity contribution is -0.116. The minimum absolute atomic E-state index is 0.0897. The predicted octanol–water partition coefficient (Wildman–Crippen LogP) is 0.217. The summed E-state index contributed by atoms with van der Waals surface area (Å²) in [5, 5.41) is 2.72. The Bertz CT molecular complexity index is 139. The van der Waals surface area contributed by atoms with Crippen molar-refractivity contribution < 1.29 is 9.22 Å². The van der Waals surface area contributed by atoms with E-state index in [1.54, 1.807) is 0 Å². The van der Waals surface area contributed by atoms with E-state index in [-0.39, 0.29) is 15.7 Å². The molecule has 3 nitrogen and oxygen atoms in total. The predicted molar refractivity (Wildman–Crippen MR) is 52.8 cm³/mol. The molecule has 0 bridgehead atoms. The first-order chi connectivity index (χ1) is 5.81. The Kier molecular flexibility index (Phi) is 8.05. The molecule has 4 heteroatoms. The maximum absolute atomic E-state index is 10.7. The summed E-state index contributed by atoms with van der Waals surface area (Å²) in [6.07, 6.45) is 2.31. The summed E-state index contributed by atoms with van der Waals surface area (Å²) >= 11 is 0. The summed E-state index contributed by atoms with van der Waals surface area (Å²) < 4.78 is 5.27. The van der Waals surface area contributed by atoms with Crippen LogP contribution in [0.5, 0.6) is 0 Å². The van der Waals surface area contributed by atoms with E-state index < -0.39 is 0 Å². The largest absolute Gasteiger partial charge is 0.424 e. The van der Waals surface area contributed by atoms with Crippen molar-refractivity contribution in [2.45, 2.75) is 19.4 Å². The molecule has 0 fully saturated rings. The van der Waals surface area contributed by atoms with Gasteiger partial charge in [-0.25, -0.2) is 0 Å². The first-order valence-corrected chi connectivity index (χ1v) is 5.87. The lowest BCUT2D eigenvalue weighted by Gasteiger charge is -2.01. The molecule has 0 spiro atoms. The number of nitrogens with one attached hydrogen (secondary N) is 1. The summed E-state index contributed by atoms with van der Waals surface area (Å²) in [5.74, 6) is -0.0897. The Morgan fingerprint density at radius 3 is 3.08 bits per heavy atom. The molecular formula is C8H17NO2Si. The average Bonchev–Trinajstić information content (AvgIpc) is 2.10. The van der Waals surface area contributed by atoms with E-state index in [4.69, 9.17) is 4.43 Å². The van der Waals surface area contributed by atoms with Crippen LogP contribution in [0.4, 0.5) is 0 Å². The van der Waals surface area contributed by atoms with E-state index in [0.29, 0.717) is 0 Å². The van der Waals surface area contributed by atoms with Crippen LogP contribution in [0.2, 0.25) is 6.04 Å². The van der Waals surface area contributed by atoms with E-state index in [0.717, 1.165) is 25.6 Å². The van der Waals surface area contributed by atoms with Crippen LogP contribution in [0.1, 0.15) is 13.3 Å². The third kappa shape index (κ3) is 7.49. The highest BCUT2D eigenvalue weighted by atomic mass is 28.2. The van der Waals surface area contributed by atoms with Crippen molar-refractivity contribution in [3.05, 3.63) is 12.7 Å².